The van der Waals surface area contributed by atoms with Crippen molar-refractivity contribution in [2.24, 2.45) is 5.92 Å². The molecule has 0 radical (unpaired) electrons. The summed E-state index contributed by atoms with van der Waals surface area (Å²) in [7, 11) is 4.95. The molecule has 6 atom stereocenters. The number of hydrogen-bond acceptors (Lipinski definition) is 6. The molecule has 6 unspecified atom stereocenters. The van der Waals surface area contributed by atoms with Gasteiger partial charge in [-0.1, -0.05) is 17.9 Å². The van der Waals surface area contributed by atoms with E-state index in [0.717, 1.165) is 18.4 Å². The molecule has 1 aromatic carbocycles. The van der Waals surface area contributed by atoms with Crippen LogP contribution in [0.3, 0.4) is 0 Å². The van der Waals surface area contributed by atoms with Crippen LogP contribution in [0.1, 0.15) is 49.3 Å². The Labute approximate surface area is 213 Å². The fourth-order valence-electron chi connectivity index (χ4n) is 4.96. The molecule has 0 saturated heterocycles. The fraction of sp³-hybridized carbons (Fsp3) is 0.619. The van der Waals surface area contributed by atoms with Crippen LogP contribution in [-0.2, 0) is 19.0 Å². The first-order valence-corrected chi connectivity index (χ1v) is 9.61. The smallest absolute Gasteiger partial charge is 0.870 e. The van der Waals surface area contributed by atoms with Gasteiger partial charge in [0.15, 0.2) is 5.43 Å². The predicted octanol–water partition coefficient (Wildman–Crippen LogP) is -1.76. The third-order valence-electron chi connectivity index (χ3n) is 6.15. The van der Waals surface area contributed by atoms with Crippen molar-refractivity contribution in [3.05, 3.63) is 39.5 Å². The number of hydrogen-bond donors (Lipinski definition) is 1. The molecule has 2 aliphatic carbocycles. The summed E-state index contributed by atoms with van der Waals surface area (Å²) in [6.45, 7) is 1.46. The maximum absolute atomic E-state index is 12.3. The van der Waals surface area contributed by atoms with Gasteiger partial charge in [-0.3, -0.25) is 9.59 Å². The van der Waals surface area contributed by atoms with Gasteiger partial charge in [0.1, 0.15) is 6.10 Å². The van der Waals surface area contributed by atoms with Crippen molar-refractivity contribution in [3.63, 3.8) is 0 Å². The van der Waals surface area contributed by atoms with E-state index in [4.69, 9.17) is 14.2 Å². The fourth-order valence-corrected chi connectivity index (χ4v) is 4.96. The van der Waals surface area contributed by atoms with Crippen molar-refractivity contribution < 1.29 is 75.5 Å². The zero-order valence-corrected chi connectivity index (χ0v) is 20.9. The molecule has 7 nitrogen and oxygen atoms in total. The number of methoxy groups -OCH3 is 3. The molecule has 1 amide bonds. The molecule has 0 aromatic heterocycles. The minimum absolute atomic E-state index is 0. The van der Waals surface area contributed by atoms with Gasteiger partial charge in [-0.2, -0.15) is 0 Å². The Balaban J connectivity index is 0.00000300. The monoisotopic (exact) mass is 429 g/mol. The Morgan fingerprint density at radius 2 is 1.76 bits per heavy atom. The third-order valence-corrected chi connectivity index (χ3v) is 6.15. The second-order valence-electron chi connectivity index (χ2n) is 7.64. The van der Waals surface area contributed by atoms with Gasteiger partial charge in [0, 0.05) is 34.2 Å². The van der Waals surface area contributed by atoms with E-state index in [0.29, 0.717) is 12.0 Å². The van der Waals surface area contributed by atoms with Gasteiger partial charge >= 0.3 is 51.4 Å². The normalized spacial score (nSPS) is 30.9. The van der Waals surface area contributed by atoms with Gasteiger partial charge in [0.2, 0.25) is 5.91 Å². The van der Waals surface area contributed by atoms with Gasteiger partial charge in [0.25, 0.3) is 0 Å². The number of amides is 1. The minimum Gasteiger partial charge on any atom is -0.870 e. The first-order chi connectivity index (χ1) is 13.4. The summed E-state index contributed by atoms with van der Waals surface area (Å²) < 4.78 is 17.3. The number of fused-ring (bicyclic) bond motifs is 3. The Morgan fingerprint density at radius 1 is 1.07 bits per heavy atom. The van der Waals surface area contributed by atoms with Crippen molar-refractivity contribution in [1.82, 2.24) is 5.32 Å². The second-order valence-corrected chi connectivity index (χ2v) is 7.64. The minimum atomic E-state index is -0.571. The molecule has 1 fully saturated rings. The van der Waals surface area contributed by atoms with Crippen LogP contribution in [0.2, 0.25) is 0 Å². The summed E-state index contributed by atoms with van der Waals surface area (Å²) in [5.74, 6) is -0.586. The summed E-state index contributed by atoms with van der Waals surface area (Å²) in [5, 5.41) is 15.0. The van der Waals surface area contributed by atoms with Crippen LogP contribution in [0.25, 0.3) is 0 Å². The topological polar surface area (TPSA) is 96.9 Å². The molecule has 0 heterocycles. The predicted molar refractivity (Wildman–Crippen MR) is 101 cm³/mol. The van der Waals surface area contributed by atoms with E-state index < -0.39 is 11.2 Å². The molecule has 1 N–H and O–H groups in total. The molecule has 0 spiro atoms. The summed E-state index contributed by atoms with van der Waals surface area (Å²) in [6.07, 6.45) is 1.61. The largest absolute Gasteiger partial charge is 1.00 e. The SMILES string of the molecule is COC1CC2CCC(NC(C)=O)c3cc(=O)c([O-])ccc3C2C(OC)C1OC.[K+]. The summed E-state index contributed by atoms with van der Waals surface area (Å²) in [5.41, 5.74) is 0.990. The van der Waals surface area contributed by atoms with E-state index in [1.165, 1.54) is 19.1 Å². The average molecular weight is 430 g/mol. The maximum Gasteiger partial charge on any atom is 1.00 e. The summed E-state index contributed by atoms with van der Waals surface area (Å²) in [6, 6.07) is 4.11. The van der Waals surface area contributed by atoms with Crippen LogP contribution >= 0.6 is 0 Å². The van der Waals surface area contributed by atoms with Gasteiger partial charge in [-0.15, -0.1) is 0 Å². The van der Waals surface area contributed by atoms with E-state index >= 15 is 0 Å². The summed E-state index contributed by atoms with van der Waals surface area (Å²) >= 11 is 0. The number of carbonyl (C=O) groups excluding carboxylic acids is 1. The number of carbonyl (C=O) groups is 1. The Kier molecular flexibility index (Phi) is 9.30. The molecule has 0 bridgehead atoms. The van der Waals surface area contributed by atoms with E-state index in [2.05, 4.69) is 5.32 Å². The van der Waals surface area contributed by atoms with Gasteiger partial charge in [-0.05, 0) is 42.4 Å². The van der Waals surface area contributed by atoms with Crippen molar-refractivity contribution in [3.8, 4) is 5.75 Å². The van der Waals surface area contributed by atoms with E-state index in [1.54, 1.807) is 27.4 Å². The number of ether oxygens (including phenoxy) is 3. The van der Waals surface area contributed by atoms with Crippen LogP contribution in [0.15, 0.2) is 23.0 Å². The molecular formula is C21H28KNO6. The number of nitrogens with one attached hydrogen (secondary N) is 1. The molecule has 0 aliphatic heterocycles. The van der Waals surface area contributed by atoms with Gasteiger partial charge in [-0.25, -0.2) is 0 Å². The van der Waals surface area contributed by atoms with Crippen LogP contribution < -0.4 is 67.2 Å². The molecule has 154 valence electrons. The van der Waals surface area contributed by atoms with Crippen LogP contribution in [0.5, 0.6) is 5.75 Å². The van der Waals surface area contributed by atoms with E-state index in [-0.39, 0.29) is 93.5 Å². The van der Waals surface area contributed by atoms with E-state index in [9.17, 15) is 14.7 Å². The first-order valence-electron chi connectivity index (χ1n) is 9.61. The Hall–Kier alpha value is -0.324. The summed E-state index contributed by atoms with van der Waals surface area (Å²) in [4.78, 5) is 24.0. The quantitative estimate of drug-likeness (QED) is 0.570. The van der Waals surface area contributed by atoms with Crippen LogP contribution in [0.4, 0.5) is 0 Å². The zero-order valence-electron chi connectivity index (χ0n) is 17.8. The van der Waals surface area contributed by atoms with Crippen molar-refractivity contribution >= 4 is 5.91 Å². The van der Waals surface area contributed by atoms with Crippen molar-refractivity contribution in [1.29, 1.82) is 0 Å². The standard InChI is InChI=1S/C21H29NO6.K/c1-11(23)22-15-7-5-12-9-18(26-2)20(27-3)21(28-4)19(12)13-6-8-16(24)17(25)10-14(13)15;/h6,8,10,12,15,18-21H,5,7,9H2,1-4H3,(H,22,23)(H,24,25);/q;+1/p-1. The molecule has 3 rings (SSSR count). The Morgan fingerprint density at radius 3 is 2.34 bits per heavy atom. The van der Waals surface area contributed by atoms with Crippen LogP contribution in [-0.4, -0.2) is 45.5 Å². The van der Waals surface area contributed by atoms with Crippen LogP contribution in [0, 0.1) is 5.92 Å². The molecule has 1 saturated carbocycles. The third kappa shape index (κ3) is 5.12. The first kappa shape index (κ1) is 24.9. The van der Waals surface area contributed by atoms with Crippen molar-refractivity contribution in [2.75, 3.05) is 21.3 Å². The molecular weight excluding hydrogens is 401 g/mol. The van der Waals surface area contributed by atoms with E-state index in [1.807, 2.05) is 0 Å². The number of rotatable bonds is 4. The second kappa shape index (κ2) is 10.8. The zero-order chi connectivity index (χ0) is 20.4. The average Bonchev–Trinajstić information content (AvgIpc) is 2.90. The molecule has 1 aromatic rings. The van der Waals surface area contributed by atoms with Gasteiger partial charge in [0.05, 0.1) is 18.2 Å². The molecule has 2 aliphatic rings. The maximum atomic E-state index is 12.3. The molecule has 29 heavy (non-hydrogen) atoms. The molecule has 8 heteroatoms. The van der Waals surface area contributed by atoms with Crippen molar-refractivity contribution in [2.45, 2.75) is 56.5 Å². The van der Waals surface area contributed by atoms with Gasteiger partial charge < -0.3 is 24.6 Å². The Bertz CT molecular complexity index is 788.